The van der Waals surface area contributed by atoms with Crippen molar-refractivity contribution in [1.82, 2.24) is 9.88 Å². The third-order valence-electron chi connectivity index (χ3n) is 3.64. The van der Waals surface area contributed by atoms with Crippen molar-refractivity contribution < 1.29 is 9.90 Å². The maximum absolute atomic E-state index is 11.0. The van der Waals surface area contributed by atoms with Gasteiger partial charge in [0.05, 0.1) is 5.56 Å². The standard InChI is InChI=1S/C14H21N3O2/c1-9-8-17(3)5-4-12(9)16-13-7-11(14(18)19)6-10(2)15-13/h6-7,9,12H,4-5,8H2,1-3H3,(H,15,16)(H,18,19). The zero-order valence-corrected chi connectivity index (χ0v) is 11.7. The molecule has 2 atom stereocenters. The minimum atomic E-state index is -0.912. The molecule has 1 saturated heterocycles. The van der Waals surface area contributed by atoms with E-state index in [-0.39, 0.29) is 5.56 Å². The molecule has 1 fully saturated rings. The van der Waals surface area contributed by atoms with Gasteiger partial charge < -0.3 is 15.3 Å². The maximum Gasteiger partial charge on any atom is 0.335 e. The first-order valence-electron chi connectivity index (χ1n) is 6.63. The summed E-state index contributed by atoms with van der Waals surface area (Å²) in [4.78, 5) is 17.7. The monoisotopic (exact) mass is 263 g/mol. The topological polar surface area (TPSA) is 65.5 Å². The molecule has 5 nitrogen and oxygen atoms in total. The van der Waals surface area contributed by atoms with Gasteiger partial charge >= 0.3 is 5.97 Å². The van der Waals surface area contributed by atoms with E-state index in [0.29, 0.717) is 17.8 Å². The number of pyridine rings is 1. The number of aryl methyl sites for hydroxylation is 1. The lowest BCUT2D eigenvalue weighted by molar-refractivity contribution is 0.0696. The van der Waals surface area contributed by atoms with Crippen LogP contribution in [0.4, 0.5) is 5.82 Å². The van der Waals surface area contributed by atoms with E-state index in [9.17, 15) is 4.79 Å². The van der Waals surface area contributed by atoms with Crippen LogP contribution in [0, 0.1) is 12.8 Å². The molecule has 0 saturated carbocycles. The van der Waals surface area contributed by atoms with Crippen molar-refractivity contribution in [2.24, 2.45) is 5.92 Å². The molecule has 0 amide bonds. The van der Waals surface area contributed by atoms with E-state index in [1.807, 2.05) is 6.92 Å². The lowest BCUT2D eigenvalue weighted by Crippen LogP contribution is -2.43. The molecule has 19 heavy (non-hydrogen) atoms. The Bertz CT molecular complexity index is 476. The summed E-state index contributed by atoms with van der Waals surface area (Å²) >= 11 is 0. The molecule has 0 bridgehead atoms. The largest absolute Gasteiger partial charge is 0.478 e. The average molecular weight is 263 g/mol. The Labute approximate surface area is 113 Å². The quantitative estimate of drug-likeness (QED) is 0.871. The van der Waals surface area contributed by atoms with Gasteiger partial charge in [0.2, 0.25) is 0 Å². The summed E-state index contributed by atoms with van der Waals surface area (Å²) < 4.78 is 0. The van der Waals surface area contributed by atoms with Gasteiger partial charge in [-0.15, -0.1) is 0 Å². The predicted molar refractivity (Wildman–Crippen MR) is 74.6 cm³/mol. The van der Waals surface area contributed by atoms with Crippen LogP contribution in [0.15, 0.2) is 12.1 Å². The van der Waals surface area contributed by atoms with Crippen LogP contribution in [0.1, 0.15) is 29.4 Å². The molecule has 2 heterocycles. The number of anilines is 1. The molecule has 104 valence electrons. The third-order valence-corrected chi connectivity index (χ3v) is 3.64. The van der Waals surface area contributed by atoms with Gasteiger partial charge in [-0.3, -0.25) is 0 Å². The molecule has 1 aliphatic rings. The molecule has 2 N–H and O–H groups in total. The summed E-state index contributed by atoms with van der Waals surface area (Å²) in [6, 6.07) is 3.55. The van der Waals surface area contributed by atoms with Gasteiger partial charge in [-0.05, 0) is 45.0 Å². The van der Waals surface area contributed by atoms with E-state index < -0.39 is 5.97 Å². The highest BCUT2D eigenvalue weighted by Crippen LogP contribution is 2.20. The van der Waals surface area contributed by atoms with Gasteiger partial charge in [0, 0.05) is 18.3 Å². The highest BCUT2D eigenvalue weighted by molar-refractivity contribution is 5.88. The summed E-state index contributed by atoms with van der Waals surface area (Å²) in [6.45, 7) is 6.13. The van der Waals surface area contributed by atoms with Gasteiger partial charge in [0.25, 0.3) is 0 Å². The number of hydrogen-bond donors (Lipinski definition) is 2. The summed E-state index contributed by atoms with van der Waals surface area (Å²) in [5, 5.41) is 12.5. The first-order valence-corrected chi connectivity index (χ1v) is 6.63. The third kappa shape index (κ3) is 3.44. The molecule has 1 aromatic heterocycles. The first kappa shape index (κ1) is 13.8. The van der Waals surface area contributed by atoms with Gasteiger partial charge in [-0.1, -0.05) is 6.92 Å². The highest BCUT2D eigenvalue weighted by Gasteiger charge is 2.24. The molecule has 1 aromatic rings. The van der Waals surface area contributed by atoms with Crippen molar-refractivity contribution in [2.75, 3.05) is 25.5 Å². The molecule has 5 heteroatoms. The zero-order valence-electron chi connectivity index (χ0n) is 11.7. The summed E-state index contributed by atoms with van der Waals surface area (Å²) in [5.74, 6) is 0.276. The zero-order chi connectivity index (χ0) is 14.0. The minimum Gasteiger partial charge on any atom is -0.478 e. The Morgan fingerprint density at radius 2 is 2.26 bits per heavy atom. The number of hydrogen-bond acceptors (Lipinski definition) is 4. The normalized spacial score (nSPS) is 24.2. The SMILES string of the molecule is Cc1cc(C(=O)O)cc(NC2CCN(C)CC2C)n1. The van der Waals surface area contributed by atoms with Crippen LogP contribution in [-0.2, 0) is 0 Å². The molecule has 0 radical (unpaired) electrons. The number of nitrogens with one attached hydrogen (secondary N) is 1. The number of aromatic carboxylic acids is 1. The Kier molecular flexibility index (Phi) is 4.04. The Morgan fingerprint density at radius 1 is 1.53 bits per heavy atom. The maximum atomic E-state index is 11.0. The molecule has 2 rings (SSSR count). The summed E-state index contributed by atoms with van der Waals surface area (Å²) in [7, 11) is 2.13. The van der Waals surface area contributed by atoms with Gasteiger partial charge in [0.1, 0.15) is 5.82 Å². The molecule has 0 aliphatic carbocycles. The molecule has 0 aromatic carbocycles. The fourth-order valence-corrected chi connectivity index (χ4v) is 2.62. The van der Waals surface area contributed by atoms with Crippen LogP contribution in [0.5, 0.6) is 0 Å². The van der Waals surface area contributed by atoms with E-state index in [1.165, 1.54) is 0 Å². The minimum absolute atomic E-state index is 0.288. The predicted octanol–water partition coefficient (Wildman–Crippen LogP) is 1.84. The number of carboxylic acids is 1. The second-order valence-electron chi connectivity index (χ2n) is 5.47. The molecule has 1 aliphatic heterocycles. The number of piperidine rings is 1. The molecular weight excluding hydrogens is 242 g/mol. The van der Waals surface area contributed by atoms with E-state index in [2.05, 4.69) is 29.2 Å². The van der Waals surface area contributed by atoms with Crippen LogP contribution in [0.2, 0.25) is 0 Å². The number of carboxylic acid groups (broad SMARTS) is 1. The number of aromatic nitrogens is 1. The van der Waals surface area contributed by atoms with Gasteiger partial charge in [-0.25, -0.2) is 9.78 Å². The van der Waals surface area contributed by atoms with Crippen LogP contribution < -0.4 is 5.32 Å². The lowest BCUT2D eigenvalue weighted by atomic mass is 9.94. The van der Waals surface area contributed by atoms with Crippen LogP contribution in [0.25, 0.3) is 0 Å². The average Bonchev–Trinajstić information content (AvgIpc) is 2.32. The summed E-state index contributed by atoms with van der Waals surface area (Å²) in [6.07, 6.45) is 1.05. The van der Waals surface area contributed by atoms with E-state index in [4.69, 9.17) is 5.11 Å². The Hall–Kier alpha value is -1.62. The van der Waals surface area contributed by atoms with Crippen LogP contribution in [0.3, 0.4) is 0 Å². The Morgan fingerprint density at radius 3 is 2.89 bits per heavy atom. The van der Waals surface area contributed by atoms with E-state index in [1.54, 1.807) is 12.1 Å². The first-order chi connectivity index (χ1) is 8.95. The van der Waals surface area contributed by atoms with Crippen molar-refractivity contribution >= 4 is 11.8 Å². The number of likely N-dealkylation sites (tertiary alicyclic amines) is 1. The summed E-state index contributed by atoms with van der Waals surface area (Å²) in [5.41, 5.74) is 1.01. The molecule has 2 unspecified atom stereocenters. The number of nitrogens with zero attached hydrogens (tertiary/aromatic N) is 2. The van der Waals surface area contributed by atoms with Crippen molar-refractivity contribution in [2.45, 2.75) is 26.3 Å². The van der Waals surface area contributed by atoms with E-state index >= 15 is 0 Å². The fraction of sp³-hybridized carbons (Fsp3) is 0.571. The second kappa shape index (κ2) is 5.57. The fourth-order valence-electron chi connectivity index (χ4n) is 2.62. The van der Waals surface area contributed by atoms with Gasteiger partial charge in [-0.2, -0.15) is 0 Å². The lowest BCUT2D eigenvalue weighted by Gasteiger charge is -2.35. The second-order valence-corrected chi connectivity index (χ2v) is 5.47. The van der Waals surface area contributed by atoms with Crippen molar-refractivity contribution in [3.63, 3.8) is 0 Å². The van der Waals surface area contributed by atoms with Gasteiger partial charge in [0.15, 0.2) is 0 Å². The number of rotatable bonds is 3. The van der Waals surface area contributed by atoms with Crippen molar-refractivity contribution in [1.29, 1.82) is 0 Å². The molecule has 0 spiro atoms. The molecular formula is C14H21N3O2. The van der Waals surface area contributed by atoms with E-state index in [0.717, 1.165) is 25.2 Å². The highest BCUT2D eigenvalue weighted by atomic mass is 16.4. The van der Waals surface area contributed by atoms with Crippen LogP contribution >= 0.6 is 0 Å². The van der Waals surface area contributed by atoms with Crippen LogP contribution in [-0.4, -0.2) is 47.1 Å². The van der Waals surface area contributed by atoms with Crippen molar-refractivity contribution in [3.05, 3.63) is 23.4 Å². The Balaban J connectivity index is 2.12. The smallest absolute Gasteiger partial charge is 0.335 e. The van der Waals surface area contributed by atoms with Crippen molar-refractivity contribution in [3.8, 4) is 0 Å². The number of carbonyl (C=O) groups is 1.